The standard InChI is InChI=1S/C38H38F8O2S2/c1-3-5-23-47-33-19-15-31(16-20-33)29-11-7-27(8-12-29)25-49-37(43,44)35(39,40)36(41,42)38(45,46)50-26-28-9-13-30(14-10-28)32-17-21-34(22-18-32)48-24-6-4-2/h7-22H,3-6,23-26H2,1-2H3. The third kappa shape index (κ3) is 9.69. The van der Waals surface area contributed by atoms with E-state index in [1.54, 1.807) is 72.8 Å². The minimum absolute atomic E-state index is 0.123. The van der Waals surface area contributed by atoms with Gasteiger partial charge in [-0.05, 0) is 70.5 Å². The van der Waals surface area contributed by atoms with Crippen molar-refractivity contribution in [3.05, 3.63) is 108 Å². The molecule has 0 atom stereocenters. The molecule has 0 unspecified atom stereocenters. The van der Waals surface area contributed by atoms with Crippen molar-refractivity contribution in [3.63, 3.8) is 0 Å². The molecule has 4 aromatic carbocycles. The molecule has 12 heteroatoms. The Balaban J connectivity index is 1.33. The van der Waals surface area contributed by atoms with Gasteiger partial charge in [0.25, 0.3) is 0 Å². The molecule has 0 aromatic heterocycles. The van der Waals surface area contributed by atoms with E-state index in [9.17, 15) is 35.1 Å². The summed E-state index contributed by atoms with van der Waals surface area (Å²) < 4.78 is 128. The van der Waals surface area contributed by atoms with Crippen molar-refractivity contribution in [3.8, 4) is 33.8 Å². The van der Waals surface area contributed by atoms with E-state index in [1.807, 2.05) is 13.8 Å². The zero-order valence-electron chi connectivity index (χ0n) is 27.6. The van der Waals surface area contributed by atoms with Gasteiger partial charge in [-0.3, -0.25) is 0 Å². The number of halogens is 8. The summed E-state index contributed by atoms with van der Waals surface area (Å²) in [5, 5.41) is -11.0. The summed E-state index contributed by atoms with van der Waals surface area (Å²) in [7, 11) is 0. The Morgan fingerprint density at radius 1 is 0.440 bits per heavy atom. The topological polar surface area (TPSA) is 18.5 Å². The Morgan fingerprint density at radius 2 is 0.720 bits per heavy atom. The average Bonchev–Trinajstić information content (AvgIpc) is 3.11. The van der Waals surface area contributed by atoms with Crippen molar-refractivity contribution >= 4 is 23.5 Å². The summed E-state index contributed by atoms with van der Waals surface area (Å²) in [6.07, 6.45) is 3.80. The van der Waals surface area contributed by atoms with Crippen molar-refractivity contribution < 1.29 is 44.6 Å². The molecule has 0 amide bonds. The number of benzene rings is 4. The van der Waals surface area contributed by atoms with E-state index in [0.717, 1.165) is 36.8 Å². The quantitative estimate of drug-likeness (QED) is 0.0703. The summed E-state index contributed by atoms with van der Waals surface area (Å²) in [6.45, 7) is 5.25. The Labute approximate surface area is 296 Å². The van der Waals surface area contributed by atoms with E-state index in [4.69, 9.17) is 9.47 Å². The molecule has 2 nitrogen and oxygen atoms in total. The van der Waals surface area contributed by atoms with Crippen LogP contribution in [0.15, 0.2) is 97.1 Å². The van der Waals surface area contributed by atoms with Gasteiger partial charge in [0.2, 0.25) is 0 Å². The number of ether oxygens (including phenoxy) is 2. The van der Waals surface area contributed by atoms with Crippen molar-refractivity contribution in [1.82, 2.24) is 0 Å². The Kier molecular flexibility index (Phi) is 13.6. The van der Waals surface area contributed by atoms with Crippen LogP contribution in [-0.4, -0.2) is 35.6 Å². The molecule has 4 aromatic rings. The molecule has 0 radical (unpaired) electrons. The number of thioether (sulfide) groups is 2. The number of hydrogen-bond acceptors (Lipinski definition) is 4. The van der Waals surface area contributed by atoms with Gasteiger partial charge in [0.1, 0.15) is 11.5 Å². The van der Waals surface area contributed by atoms with Crippen LogP contribution in [0.1, 0.15) is 50.7 Å². The van der Waals surface area contributed by atoms with Gasteiger partial charge < -0.3 is 9.47 Å². The van der Waals surface area contributed by atoms with E-state index in [-0.39, 0.29) is 11.1 Å². The zero-order chi connectivity index (χ0) is 36.4. The number of unbranched alkanes of at least 4 members (excludes halogenated alkanes) is 2. The van der Waals surface area contributed by atoms with Gasteiger partial charge in [-0.25, -0.2) is 0 Å². The van der Waals surface area contributed by atoms with Crippen molar-refractivity contribution in [1.29, 1.82) is 0 Å². The normalized spacial score (nSPS) is 12.6. The van der Waals surface area contributed by atoms with E-state index >= 15 is 0 Å². The van der Waals surface area contributed by atoms with Gasteiger partial charge in [0.15, 0.2) is 0 Å². The van der Waals surface area contributed by atoms with Gasteiger partial charge in [-0.1, -0.05) is 123 Å². The minimum atomic E-state index is -6.36. The molecule has 0 heterocycles. The first-order valence-corrected chi connectivity index (χ1v) is 18.1. The second kappa shape index (κ2) is 17.2. The molecule has 270 valence electrons. The van der Waals surface area contributed by atoms with Gasteiger partial charge >= 0.3 is 22.4 Å². The molecule has 0 bridgehead atoms. The van der Waals surface area contributed by atoms with Crippen LogP contribution in [0.4, 0.5) is 35.1 Å². The highest BCUT2D eigenvalue weighted by atomic mass is 32.2. The molecule has 0 saturated heterocycles. The fourth-order valence-corrected chi connectivity index (χ4v) is 6.34. The van der Waals surface area contributed by atoms with Crippen LogP contribution >= 0.6 is 23.5 Å². The second-order valence-electron chi connectivity index (χ2n) is 11.6. The molecule has 0 N–H and O–H groups in total. The maximum absolute atomic E-state index is 14.6. The van der Waals surface area contributed by atoms with E-state index < -0.39 is 57.4 Å². The van der Waals surface area contributed by atoms with E-state index in [2.05, 4.69) is 0 Å². The molecule has 0 aliphatic rings. The van der Waals surface area contributed by atoms with E-state index in [0.29, 0.717) is 35.8 Å². The fourth-order valence-electron chi connectivity index (χ4n) is 4.64. The maximum atomic E-state index is 14.6. The highest BCUT2D eigenvalue weighted by Crippen LogP contribution is 2.59. The van der Waals surface area contributed by atoms with Crippen LogP contribution in [-0.2, 0) is 11.5 Å². The molecule has 0 fully saturated rings. The summed E-state index contributed by atoms with van der Waals surface area (Å²) in [6, 6.07) is 26.0. The average molecular weight is 743 g/mol. The number of hydrogen-bond donors (Lipinski definition) is 0. The molecule has 0 saturated carbocycles. The first-order valence-electron chi connectivity index (χ1n) is 16.1. The van der Waals surface area contributed by atoms with Crippen LogP contribution in [0.3, 0.4) is 0 Å². The van der Waals surface area contributed by atoms with Crippen LogP contribution < -0.4 is 9.47 Å². The minimum Gasteiger partial charge on any atom is -0.494 e. The van der Waals surface area contributed by atoms with Gasteiger partial charge in [-0.15, -0.1) is 0 Å². The molecular formula is C38H38F8O2S2. The Hall–Kier alpha value is -3.38. The van der Waals surface area contributed by atoms with Crippen molar-refractivity contribution in [2.24, 2.45) is 0 Å². The molecule has 4 rings (SSSR count). The molecule has 0 spiro atoms. The van der Waals surface area contributed by atoms with Crippen LogP contribution in [0.25, 0.3) is 22.3 Å². The first kappa shape index (κ1) is 39.4. The van der Waals surface area contributed by atoms with Crippen molar-refractivity contribution in [2.75, 3.05) is 13.2 Å². The smallest absolute Gasteiger partial charge is 0.388 e. The molecule has 50 heavy (non-hydrogen) atoms. The highest BCUT2D eigenvalue weighted by Gasteiger charge is 2.81. The number of rotatable bonds is 19. The molecule has 0 aliphatic heterocycles. The van der Waals surface area contributed by atoms with Crippen LogP contribution in [0, 0.1) is 0 Å². The summed E-state index contributed by atoms with van der Waals surface area (Å²) in [5.74, 6) is -13.0. The highest BCUT2D eigenvalue weighted by molar-refractivity contribution is 8.00. The van der Waals surface area contributed by atoms with E-state index in [1.165, 1.54) is 24.3 Å². The van der Waals surface area contributed by atoms with Crippen LogP contribution in [0.2, 0.25) is 0 Å². The van der Waals surface area contributed by atoms with Crippen LogP contribution in [0.5, 0.6) is 11.5 Å². The largest absolute Gasteiger partial charge is 0.494 e. The lowest BCUT2D eigenvalue weighted by Crippen LogP contribution is -2.60. The lowest BCUT2D eigenvalue weighted by atomic mass is 10.0. The lowest BCUT2D eigenvalue weighted by molar-refractivity contribution is -0.322. The van der Waals surface area contributed by atoms with Gasteiger partial charge in [0, 0.05) is 11.5 Å². The Morgan fingerprint density at radius 3 is 1.00 bits per heavy atom. The third-order valence-electron chi connectivity index (χ3n) is 7.78. The zero-order valence-corrected chi connectivity index (χ0v) is 29.2. The lowest BCUT2D eigenvalue weighted by Gasteiger charge is -2.36. The second-order valence-corrected chi connectivity index (χ2v) is 13.8. The third-order valence-corrected chi connectivity index (χ3v) is 9.98. The summed E-state index contributed by atoms with van der Waals surface area (Å²) >= 11 is -1.63. The Bertz CT molecular complexity index is 1490. The summed E-state index contributed by atoms with van der Waals surface area (Å²) in [5.41, 5.74) is 3.18. The van der Waals surface area contributed by atoms with Gasteiger partial charge in [0.05, 0.1) is 13.2 Å². The predicted molar refractivity (Wildman–Crippen MR) is 187 cm³/mol. The maximum Gasteiger partial charge on any atom is 0.388 e. The first-order chi connectivity index (χ1) is 23.7. The molecule has 0 aliphatic carbocycles. The number of alkyl halides is 8. The fraction of sp³-hybridized carbons (Fsp3) is 0.368. The van der Waals surface area contributed by atoms with Gasteiger partial charge in [-0.2, -0.15) is 35.1 Å². The predicted octanol–water partition coefficient (Wildman–Crippen LogP) is 13.0. The van der Waals surface area contributed by atoms with Crippen molar-refractivity contribution in [2.45, 2.75) is 73.4 Å². The summed E-state index contributed by atoms with van der Waals surface area (Å²) in [4.78, 5) is 0. The molecular weight excluding hydrogens is 705 g/mol. The SMILES string of the molecule is CCCCOc1ccc(-c2ccc(CSC(F)(F)C(F)(F)C(F)(F)C(F)(F)SCc3ccc(-c4ccc(OCCCC)cc4)cc3)cc2)cc1. The monoisotopic (exact) mass is 742 g/mol.